The number of furan rings is 1. The van der Waals surface area contributed by atoms with Crippen molar-refractivity contribution < 1.29 is 13.9 Å². The van der Waals surface area contributed by atoms with Crippen LogP contribution in [0.25, 0.3) is 0 Å². The molecule has 148 valence electrons. The third-order valence-electron chi connectivity index (χ3n) is 4.19. The van der Waals surface area contributed by atoms with Crippen molar-refractivity contribution in [2.24, 2.45) is 0 Å². The van der Waals surface area contributed by atoms with Gasteiger partial charge in [0.25, 0.3) is 0 Å². The molecule has 0 fully saturated rings. The normalized spacial score (nSPS) is 11.0. The number of carbonyl (C=O) groups excluding carboxylic acids is 1. The van der Waals surface area contributed by atoms with E-state index in [4.69, 9.17) is 9.15 Å². The number of nitrogens with one attached hydrogen (secondary N) is 1. The zero-order valence-corrected chi connectivity index (χ0v) is 16.7. The van der Waals surface area contributed by atoms with E-state index in [1.807, 2.05) is 48.5 Å². The molecule has 28 heavy (non-hydrogen) atoms. The molecule has 0 spiro atoms. The highest BCUT2D eigenvalue weighted by molar-refractivity contribution is 7.09. The van der Waals surface area contributed by atoms with Gasteiger partial charge in [0, 0.05) is 24.6 Å². The minimum atomic E-state index is 0.0196. The number of amides is 1. The van der Waals surface area contributed by atoms with Gasteiger partial charge in [-0.2, -0.15) is 0 Å². The zero-order valence-electron chi connectivity index (χ0n) is 15.9. The van der Waals surface area contributed by atoms with Gasteiger partial charge in [-0.1, -0.05) is 36.4 Å². The molecule has 5 nitrogen and oxygen atoms in total. The minimum absolute atomic E-state index is 0.0196. The van der Waals surface area contributed by atoms with Crippen molar-refractivity contribution in [3.05, 3.63) is 82.4 Å². The molecule has 0 unspecified atom stereocenters. The number of nitrogens with zero attached hydrogens (tertiary/aromatic N) is 1. The summed E-state index contributed by atoms with van der Waals surface area (Å²) in [6, 6.07) is 18.0. The molecule has 1 amide bonds. The number of hydrogen-bond acceptors (Lipinski definition) is 5. The summed E-state index contributed by atoms with van der Waals surface area (Å²) in [5.41, 5.74) is 1.16. The molecule has 3 rings (SSSR count). The Bertz CT molecular complexity index is 752. The van der Waals surface area contributed by atoms with E-state index in [-0.39, 0.29) is 5.91 Å². The number of thiophene rings is 1. The van der Waals surface area contributed by atoms with Crippen molar-refractivity contribution in [3.8, 4) is 0 Å². The Morgan fingerprint density at radius 3 is 2.71 bits per heavy atom. The van der Waals surface area contributed by atoms with Gasteiger partial charge in [0.05, 0.1) is 26.0 Å². The first-order valence-electron chi connectivity index (χ1n) is 9.45. The molecule has 0 saturated carbocycles. The quantitative estimate of drug-likeness (QED) is 0.467. The molecule has 6 heteroatoms. The summed E-state index contributed by atoms with van der Waals surface area (Å²) >= 11 is 1.70. The maximum Gasteiger partial charge on any atom is 0.234 e. The number of carbonyl (C=O) groups is 1. The Hall–Kier alpha value is -2.41. The van der Waals surface area contributed by atoms with Crippen LogP contribution in [0.4, 0.5) is 0 Å². The molecule has 0 aliphatic rings. The van der Waals surface area contributed by atoms with Crippen LogP contribution in [0.2, 0.25) is 0 Å². The molecule has 3 aromatic rings. The van der Waals surface area contributed by atoms with Gasteiger partial charge in [-0.3, -0.25) is 9.69 Å². The predicted octanol–water partition coefficient (Wildman–Crippen LogP) is 4.07. The molecule has 2 heterocycles. The Labute approximate surface area is 169 Å². The molecule has 0 radical (unpaired) electrons. The van der Waals surface area contributed by atoms with Crippen LogP contribution in [-0.4, -0.2) is 30.5 Å². The Morgan fingerprint density at radius 2 is 1.96 bits per heavy atom. The van der Waals surface area contributed by atoms with Crippen LogP contribution in [0.15, 0.2) is 70.7 Å². The Morgan fingerprint density at radius 1 is 1.07 bits per heavy atom. The average molecular weight is 399 g/mol. The lowest BCUT2D eigenvalue weighted by Gasteiger charge is -2.20. The van der Waals surface area contributed by atoms with Gasteiger partial charge >= 0.3 is 0 Å². The van der Waals surface area contributed by atoms with Crippen LogP contribution in [0, 0.1) is 0 Å². The summed E-state index contributed by atoms with van der Waals surface area (Å²) in [6.07, 6.45) is 2.45. The summed E-state index contributed by atoms with van der Waals surface area (Å²) in [6.45, 7) is 3.52. The fourth-order valence-electron chi connectivity index (χ4n) is 2.84. The second-order valence-corrected chi connectivity index (χ2v) is 7.58. The molecule has 0 aliphatic heterocycles. The summed E-state index contributed by atoms with van der Waals surface area (Å²) in [5.74, 6) is 0.879. The highest BCUT2D eigenvalue weighted by atomic mass is 32.1. The van der Waals surface area contributed by atoms with E-state index in [0.717, 1.165) is 24.3 Å². The van der Waals surface area contributed by atoms with Gasteiger partial charge < -0.3 is 14.5 Å². The van der Waals surface area contributed by atoms with E-state index < -0.39 is 0 Å². The fraction of sp³-hybridized carbons (Fsp3) is 0.318. The minimum Gasteiger partial charge on any atom is -0.468 e. The van der Waals surface area contributed by atoms with Gasteiger partial charge in [-0.15, -0.1) is 11.3 Å². The molecule has 0 atom stereocenters. The second kappa shape index (κ2) is 11.4. The van der Waals surface area contributed by atoms with E-state index in [0.29, 0.717) is 32.8 Å². The molecule has 1 aromatic carbocycles. The molecule has 0 saturated heterocycles. The number of rotatable bonds is 12. The Balaban J connectivity index is 1.35. The zero-order chi connectivity index (χ0) is 19.4. The predicted molar refractivity (Wildman–Crippen MR) is 111 cm³/mol. The van der Waals surface area contributed by atoms with Gasteiger partial charge in [0.15, 0.2) is 0 Å². The summed E-state index contributed by atoms with van der Waals surface area (Å²) in [4.78, 5) is 15.7. The monoisotopic (exact) mass is 398 g/mol. The van der Waals surface area contributed by atoms with Crippen LogP contribution < -0.4 is 5.32 Å². The summed E-state index contributed by atoms with van der Waals surface area (Å²) < 4.78 is 11.1. The maximum atomic E-state index is 12.3. The van der Waals surface area contributed by atoms with Gasteiger partial charge in [-0.25, -0.2) is 0 Å². The standard InChI is InChI=1S/C22H26N2O3S/c25-22(23-11-6-12-26-18-19-7-2-1-3-8-19)17-24(15-20-9-4-13-27-20)16-21-10-5-14-28-21/h1-5,7-10,13-14H,6,11-12,15-18H2,(H,23,25). The lowest BCUT2D eigenvalue weighted by Crippen LogP contribution is -2.37. The lowest BCUT2D eigenvalue weighted by molar-refractivity contribution is -0.122. The van der Waals surface area contributed by atoms with Crippen molar-refractivity contribution in [2.75, 3.05) is 19.7 Å². The largest absolute Gasteiger partial charge is 0.468 e. The van der Waals surface area contributed by atoms with E-state index in [1.165, 1.54) is 4.88 Å². The van der Waals surface area contributed by atoms with E-state index in [1.54, 1.807) is 17.6 Å². The summed E-state index contributed by atoms with van der Waals surface area (Å²) in [5, 5.41) is 5.03. The SMILES string of the molecule is O=C(CN(Cc1ccco1)Cc1cccs1)NCCCOCc1ccccc1. The fourth-order valence-corrected chi connectivity index (χ4v) is 3.59. The smallest absolute Gasteiger partial charge is 0.234 e. The molecular formula is C22H26N2O3S. The van der Waals surface area contributed by atoms with Gasteiger partial charge in [-0.05, 0) is 35.6 Å². The van der Waals surface area contributed by atoms with Gasteiger partial charge in [0.2, 0.25) is 5.91 Å². The molecule has 2 aromatic heterocycles. The van der Waals surface area contributed by atoms with Crippen molar-refractivity contribution in [2.45, 2.75) is 26.1 Å². The van der Waals surface area contributed by atoms with Crippen molar-refractivity contribution in [1.29, 1.82) is 0 Å². The highest BCUT2D eigenvalue weighted by Crippen LogP contribution is 2.14. The number of hydrogen-bond donors (Lipinski definition) is 1. The first kappa shape index (κ1) is 20.3. The summed E-state index contributed by atoms with van der Waals surface area (Å²) in [7, 11) is 0. The lowest BCUT2D eigenvalue weighted by atomic mass is 10.2. The molecular weight excluding hydrogens is 372 g/mol. The third kappa shape index (κ3) is 7.31. The van der Waals surface area contributed by atoms with Crippen LogP contribution >= 0.6 is 11.3 Å². The van der Waals surface area contributed by atoms with Crippen LogP contribution in [-0.2, 0) is 29.2 Å². The molecule has 0 aliphatic carbocycles. The highest BCUT2D eigenvalue weighted by Gasteiger charge is 2.13. The number of benzene rings is 1. The van der Waals surface area contributed by atoms with Crippen LogP contribution in [0.5, 0.6) is 0 Å². The van der Waals surface area contributed by atoms with Crippen molar-refractivity contribution in [1.82, 2.24) is 10.2 Å². The topological polar surface area (TPSA) is 54.7 Å². The van der Waals surface area contributed by atoms with E-state index in [9.17, 15) is 4.79 Å². The molecule has 0 bridgehead atoms. The first-order valence-corrected chi connectivity index (χ1v) is 10.3. The second-order valence-electron chi connectivity index (χ2n) is 6.55. The average Bonchev–Trinajstić information content (AvgIpc) is 3.39. The molecule has 1 N–H and O–H groups in total. The Kier molecular flexibility index (Phi) is 8.30. The first-order chi connectivity index (χ1) is 13.8. The van der Waals surface area contributed by atoms with Crippen LogP contribution in [0.1, 0.15) is 22.6 Å². The van der Waals surface area contributed by atoms with E-state index in [2.05, 4.69) is 21.7 Å². The van der Waals surface area contributed by atoms with Gasteiger partial charge in [0.1, 0.15) is 5.76 Å². The van der Waals surface area contributed by atoms with Crippen molar-refractivity contribution >= 4 is 17.2 Å². The van der Waals surface area contributed by atoms with Crippen LogP contribution in [0.3, 0.4) is 0 Å². The van der Waals surface area contributed by atoms with E-state index >= 15 is 0 Å². The maximum absolute atomic E-state index is 12.3. The number of ether oxygens (including phenoxy) is 1. The van der Waals surface area contributed by atoms with Crippen molar-refractivity contribution in [3.63, 3.8) is 0 Å². The third-order valence-corrected chi connectivity index (χ3v) is 5.05.